The van der Waals surface area contributed by atoms with E-state index in [0.29, 0.717) is 0 Å². The Kier molecular flexibility index (Phi) is 3.73. The number of nitrogen functional groups attached to an aromatic ring is 1. The molecule has 0 unspecified atom stereocenters. The number of hydrogen-bond donors (Lipinski definition) is 3. The van der Waals surface area contributed by atoms with E-state index in [-0.39, 0.29) is 11.8 Å². The van der Waals surface area contributed by atoms with Crippen molar-refractivity contribution in [3.05, 3.63) is 40.2 Å². The van der Waals surface area contributed by atoms with Crippen molar-refractivity contribution in [2.24, 2.45) is 5.84 Å². The van der Waals surface area contributed by atoms with Crippen LogP contribution in [0.2, 0.25) is 0 Å². The van der Waals surface area contributed by atoms with E-state index in [1.165, 1.54) is 0 Å². The SMILES string of the molecule is Cc1ccc(Br)c(Nc2nc(NN)ncc2F)c1. The fraction of sp³-hybridized carbons (Fsp3) is 0.0909. The zero-order valence-electron chi connectivity index (χ0n) is 9.54. The predicted molar refractivity (Wildman–Crippen MR) is 72.0 cm³/mol. The Bertz CT molecular complexity index is 575. The van der Waals surface area contributed by atoms with E-state index in [2.05, 4.69) is 36.6 Å². The lowest BCUT2D eigenvalue weighted by molar-refractivity contribution is 0.619. The fourth-order valence-corrected chi connectivity index (χ4v) is 1.73. The van der Waals surface area contributed by atoms with Crippen LogP contribution in [0.3, 0.4) is 0 Å². The zero-order chi connectivity index (χ0) is 13.1. The Labute approximate surface area is 112 Å². The first kappa shape index (κ1) is 12.7. The maximum Gasteiger partial charge on any atom is 0.239 e. The minimum Gasteiger partial charge on any atom is -0.337 e. The van der Waals surface area contributed by atoms with Gasteiger partial charge in [0, 0.05) is 4.47 Å². The number of nitrogens with one attached hydrogen (secondary N) is 2. The van der Waals surface area contributed by atoms with Gasteiger partial charge in [-0.1, -0.05) is 6.07 Å². The molecule has 0 bridgehead atoms. The lowest BCUT2D eigenvalue weighted by Gasteiger charge is -2.10. The van der Waals surface area contributed by atoms with Crippen molar-refractivity contribution in [1.29, 1.82) is 0 Å². The van der Waals surface area contributed by atoms with Crippen molar-refractivity contribution in [1.82, 2.24) is 9.97 Å². The van der Waals surface area contributed by atoms with Crippen molar-refractivity contribution < 1.29 is 4.39 Å². The molecule has 0 fully saturated rings. The molecule has 1 aromatic heterocycles. The monoisotopic (exact) mass is 311 g/mol. The zero-order valence-corrected chi connectivity index (χ0v) is 11.1. The van der Waals surface area contributed by atoms with Gasteiger partial charge in [-0.2, -0.15) is 4.98 Å². The van der Waals surface area contributed by atoms with Gasteiger partial charge in [0.25, 0.3) is 0 Å². The predicted octanol–water partition coefficient (Wildman–Crippen LogP) is 2.72. The molecule has 1 aromatic carbocycles. The van der Waals surface area contributed by atoms with Crippen LogP contribution in [0.1, 0.15) is 5.56 Å². The number of nitrogens with zero attached hydrogens (tertiary/aromatic N) is 2. The summed E-state index contributed by atoms with van der Waals surface area (Å²) in [5, 5.41) is 2.89. The van der Waals surface area contributed by atoms with Gasteiger partial charge in [-0.05, 0) is 40.5 Å². The first-order chi connectivity index (χ1) is 8.60. The molecule has 0 saturated heterocycles. The Morgan fingerprint density at radius 3 is 2.89 bits per heavy atom. The minimum atomic E-state index is -0.553. The van der Waals surface area contributed by atoms with Crippen LogP contribution >= 0.6 is 15.9 Å². The number of nitrogens with two attached hydrogens (primary N) is 1. The van der Waals surface area contributed by atoms with Gasteiger partial charge >= 0.3 is 0 Å². The molecule has 7 heteroatoms. The highest BCUT2D eigenvalue weighted by molar-refractivity contribution is 9.10. The van der Waals surface area contributed by atoms with Crippen LogP contribution in [0.5, 0.6) is 0 Å². The van der Waals surface area contributed by atoms with Gasteiger partial charge in [0.05, 0.1) is 11.9 Å². The van der Waals surface area contributed by atoms with Gasteiger partial charge in [0.2, 0.25) is 5.95 Å². The summed E-state index contributed by atoms with van der Waals surface area (Å²) in [6.45, 7) is 1.95. The molecule has 0 aliphatic heterocycles. The maximum atomic E-state index is 13.6. The quantitative estimate of drug-likeness (QED) is 0.600. The first-order valence-corrected chi connectivity index (χ1v) is 5.92. The van der Waals surface area contributed by atoms with E-state index in [0.717, 1.165) is 21.9 Å². The molecule has 4 N–H and O–H groups in total. The van der Waals surface area contributed by atoms with E-state index in [1.807, 2.05) is 25.1 Å². The van der Waals surface area contributed by atoms with Crippen LogP contribution in [-0.4, -0.2) is 9.97 Å². The van der Waals surface area contributed by atoms with E-state index < -0.39 is 5.82 Å². The smallest absolute Gasteiger partial charge is 0.239 e. The molecule has 0 saturated carbocycles. The summed E-state index contributed by atoms with van der Waals surface area (Å²) in [5.41, 5.74) is 4.03. The molecule has 0 amide bonds. The summed E-state index contributed by atoms with van der Waals surface area (Å²) in [4.78, 5) is 7.57. The largest absolute Gasteiger partial charge is 0.337 e. The van der Waals surface area contributed by atoms with E-state index in [1.54, 1.807) is 0 Å². The lowest BCUT2D eigenvalue weighted by atomic mass is 10.2. The summed E-state index contributed by atoms with van der Waals surface area (Å²) in [6.07, 6.45) is 1.05. The Hall–Kier alpha value is -1.73. The Morgan fingerprint density at radius 2 is 2.17 bits per heavy atom. The molecular weight excluding hydrogens is 301 g/mol. The number of hydrazine groups is 1. The van der Waals surface area contributed by atoms with Crippen LogP contribution in [-0.2, 0) is 0 Å². The molecule has 0 aliphatic rings. The van der Waals surface area contributed by atoms with E-state index >= 15 is 0 Å². The van der Waals surface area contributed by atoms with Crippen molar-refractivity contribution >= 4 is 33.4 Å². The fourth-order valence-electron chi connectivity index (χ4n) is 1.39. The van der Waals surface area contributed by atoms with Crippen LogP contribution < -0.4 is 16.6 Å². The minimum absolute atomic E-state index is 0.0595. The number of hydrogen-bond acceptors (Lipinski definition) is 5. The Balaban J connectivity index is 2.36. The van der Waals surface area contributed by atoms with Crippen LogP contribution in [0.4, 0.5) is 21.8 Å². The highest BCUT2D eigenvalue weighted by Crippen LogP contribution is 2.27. The molecular formula is C11H11BrFN5. The summed E-state index contributed by atoms with van der Waals surface area (Å²) in [7, 11) is 0. The number of rotatable bonds is 3. The summed E-state index contributed by atoms with van der Waals surface area (Å²) in [6, 6.07) is 5.69. The van der Waals surface area contributed by atoms with Crippen molar-refractivity contribution in [2.45, 2.75) is 6.92 Å². The highest BCUT2D eigenvalue weighted by atomic mass is 79.9. The second-order valence-electron chi connectivity index (χ2n) is 3.64. The molecule has 2 rings (SSSR count). The lowest BCUT2D eigenvalue weighted by Crippen LogP contribution is -2.12. The number of anilines is 3. The Morgan fingerprint density at radius 1 is 1.39 bits per heavy atom. The number of aromatic nitrogens is 2. The third kappa shape index (κ3) is 2.74. The highest BCUT2D eigenvalue weighted by Gasteiger charge is 2.08. The van der Waals surface area contributed by atoms with E-state index in [9.17, 15) is 4.39 Å². The number of aryl methyl sites for hydroxylation is 1. The van der Waals surface area contributed by atoms with Crippen molar-refractivity contribution in [2.75, 3.05) is 10.7 Å². The average Bonchev–Trinajstić information content (AvgIpc) is 2.36. The van der Waals surface area contributed by atoms with Crippen molar-refractivity contribution in [3.63, 3.8) is 0 Å². The van der Waals surface area contributed by atoms with E-state index in [4.69, 9.17) is 5.84 Å². The van der Waals surface area contributed by atoms with Gasteiger partial charge in [0.15, 0.2) is 11.6 Å². The molecule has 5 nitrogen and oxygen atoms in total. The average molecular weight is 312 g/mol. The summed E-state index contributed by atoms with van der Waals surface area (Å²) < 4.78 is 14.4. The molecule has 1 heterocycles. The molecule has 2 aromatic rings. The normalized spacial score (nSPS) is 10.2. The van der Waals surface area contributed by atoms with Crippen LogP contribution in [0.25, 0.3) is 0 Å². The van der Waals surface area contributed by atoms with Crippen LogP contribution in [0, 0.1) is 12.7 Å². The van der Waals surface area contributed by atoms with Gasteiger partial charge in [-0.15, -0.1) is 0 Å². The topological polar surface area (TPSA) is 75.9 Å². The first-order valence-electron chi connectivity index (χ1n) is 5.12. The standard InChI is InChI=1S/C11H11BrFN5/c1-6-2-3-7(12)9(4-6)16-10-8(13)5-15-11(17-10)18-14/h2-5H,14H2,1H3,(H2,15,16,17,18). The molecule has 94 valence electrons. The molecule has 0 atom stereocenters. The molecule has 0 aliphatic carbocycles. The van der Waals surface area contributed by atoms with Crippen molar-refractivity contribution in [3.8, 4) is 0 Å². The van der Waals surface area contributed by atoms with Gasteiger partial charge in [0.1, 0.15) is 0 Å². The van der Waals surface area contributed by atoms with Gasteiger partial charge in [-0.3, -0.25) is 5.43 Å². The molecule has 18 heavy (non-hydrogen) atoms. The molecule has 0 spiro atoms. The number of benzene rings is 1. The second-order valence-corrected chi connectivity index (χ2v) is 4.50. The maximum absolute atomic E-state index is 13.6. The van der Waals surface area contributed by atoms with Gasteiger partial charge in [-0.25, -0.2) is 15.2 Å². The van der Waals surface area contributed by atoms with Gasteiger partial charge < -0.3 is 5.32 Å². The summed E-state index contributed by atoms with van der Waals surface area (Å²) >= 11 is 3.38. The summed E-state index contributed by atoms with van der Waals surface area (Å²) in [5.74, 6) is 4.83. The van der Waals surface area contributed by atoms with Crippen LogP contribution in [0.15, 0.2) is 28.9 Å². The third-order valence-electron chi connectivity index (χ3n) is 2.25. The molecule has 0 radical (unpaired) electrons. The number of halogens is 2. The second kappa shape index (κ2) is 5.28. The third-order valence-corrected chi connectivity index (χ3v) is 2.94.